The lowest BCUT2D eigenvalue weighted by Gasteiger charge is -2.51. The summed E-state index contributed by atoms with van der Waals surface area (Å²) in [7, 11) is 4.02. The molecule has 2 heteroatoms. The van der Waals surface area contributed by atoms with Gasteiger partial charge >= 0.3 is 0 Å². The minimum Gasteiger partial charge on any atom is -0.185 e. The van der Waals surface area contributed by atoms with Crippen LogP contribution in [0.3, 0.4) is 0 Å². The largest absolute Gasteiger partial charge is 0.185 e. The van der Waals surface area contributed by atoms with Crippen LogP contribution in [0.5, 0.6) is 0 Å². The van der Waals surface area contributed by atoms with E-state index in [2.05, 4.69) is 18.8 Å². The van der Waals surface area contributed by atoms with Gasteiger partial charge < -0.3 is 0 Å². The van der Waals surface area contributed by atoms with E-state index in [-0.39, 0.29) is 0 Å². The molecule has 0 N–H and O–H groups in total. The Hall–Kier alpha value is 0.390. The predicted molar refractivity (Wildman–Crippen MR) is 101 cm³/mol. The van der Waals surface area contributed by atoms with Gasteiger partial charge in [-0.25, -0.2) is 0 Å². The van der Waals surface area contributed by atoms with Crippen molar-refractivity contribution in [2.75, 3.05) is 14.1 Å². The molecule has 0 heterocycles. The number of nitrogens with zero attached hydrogens (tertiary/aromatic N) is 1. The van der Waals surface area contributed by atoms with Crippen LogP contribution in [-0.2, 0) is 0 Å². The minimum atomic E-state index is -0.961. The Labute approximate surface area is 140 Å². The van der Waals surface area contributed by atoms with E-state index in [4.69, 9.17) is 0 Å². The van der Waals surface area contributed by atoms with Crippen LogP contribution in [0, 0.1) is 0 Å². The molecule has 1 nitrogen and oxygen atoms in total. The first-order valence-corrected chi connectivity index (χ1v) is 12.3. The third kappa shape index (κ3) is 3.27. The fourth-order valence-electron chi connectivity index (χ4n) is 6.36. The lowest BCUT2D eigenvalue weighted by Crippen LogP contribution is -2.42. The van der Waals surface area contributed by atoms with Crippen LogP contribution in [-0.4, -0.2) is 35.7 Å². The molecule has 0 spiro atoms. The van der Waals surface area contributed by atoms with Crippen LogP contribution in [0.1, 0.15) is 96.3 Å². The lowest BCUT2D eigenvalue weighted by atomic mass is 9.99. The molecule has 0 aromatic rings. The zero-order valence-corrected chi connectivity index (χ0v) is 16.1. The minimum absolute atomic E-state index is 0.961. The van der Waals surface area contributed by atoms with Gasteiger partial charge in [-0.2, -0.15) is 4.67 Å². The maximum Gasteiger partial charge on any atom is 0.0914 e. The van der Waals surface area contributed by atoms with Gasteiger partial charge in [-0.15, -0.1) is 0 Å². The molecular formula is C20H39NP+. The zero-order chi connectivity index (χ0) is 15.4. The van der Waals surface area contributed by atoms with Crippen molar-refractivity contribution in [3.05, 3.63) is 0 Å². The Kier molecular flexibility index (Phi) is 6.24. The van der Waals surface area contributed by atoms with Gasteiger partial charge in [0.05, 0.1) is 24.4 Å². The van der Waals surface area contributed by atoms with Crippen molar-refractivity contribution >= 4 is 7.41 Å². The summed E-state index contributed by atoms with van der Waals surface area (Å²) in [4.78, 5) is 0. The van der Waals surface area contributed by atoms with Gasteiger partial charge in [0, 0.05) is 14.1 Å². The molecule has 3 aliphatic carbocycles. The van der Waals surface area contributed by atoms with Crippen LogP contribution in [0.2, 0.25) is 0 Å². The molecule has 22 heavy (non-hydrogen) atoms. The second-order valence-corrected chi connectivity index (χ2v) is 13.1. The fraction of sp³-hybridized carbons (Fsp3) is 1.00. The van der Waals surface area contributed by atoms with E-state index in [0.29, 0.717) is 0 Å². The van der Waals surface area contributed by atoms with Gasteiger partial charge in [-0.3, -0.25) is 0 Å². The first-order chi connectivity index (χ1) is 10.8. The zero-order valence-electron chi connectivity index (χ0n) is 15.2. The quantitative estimate of drug-likeness (QED) is 0.535. The Morgan fingerprint density at radius 3 is 1.00 bits per heavy atom. The van der Waals surface area contributed by atoms with Gasteiger partial charge in [-0.05, 0) is 77.0 Å². The topological polar surface area (TPSA) is 3.24 Å². The van der Waals surface area contributed by atoms with E-state index < -0.39 is 7.41 Å². The van der Waals surface area contributed by atoms with Crippen molar-refractivity contribution < 1.29 is 0 Å². The van der Waals surface area contributed by atoms with Crippen molar-refractivity contribution in [2.45, 2.75) is 113 Å². The summed E-state index contributed by atoms with van der Waals surface area (Å²) in [6.45, 7) is 0. The van der Waals surface area contributed by atoms with Crippen molar-refractivity contribution in [1.82, 2.24) is 4.67 Å². The summed E-state index contributed by atoms with van der Waals surface area (Å²) in [5.74, 6) is 0. The maximum absolute atomic E-state index is 2.87. The van der Waals surface area contributed by atoms with Gasteiger partial charge in [0.1, 0.15) is 0 Å². The molecule has 128 valence electrons. The summed E-state index contributed by atoms with van der Waals surface area (Å²) in [5, 5.41) is 0. The summed E-state index contributed by atoms with van der Waals surface area (Å²) < 4.78 is 2.87. The number of rotatable bonds is 4. The second kappa shape index (κ2) is 7.98. The summed E-state index contributed by atoms with van der Waals surface area (Å²) in [5.41, 5.74) is 3.30. The first kappa shape index (κ1) is 17.2. The van der Waals surface area contributed by atoms with Crippen molar-refractivity contribution in [3.8, 4) is 0 Å². The Balaban J connectivity index is 1.92. The normalized spacial score (nSPS) is 27.4. The Bertz CT molecular complexity index is 277. The highest BCUT2D eigenvalue weighted by molar-refractivity contribution is 7.75. The van der Waals surface area contributed by atoms with Crippen molar-refractivity contribution in [1.29, 1.82) is 0 Å². The molecule has 0 bridgehead atoms. The summed E-state index contributed by atoms with van der Waals surface area (Å²) in [6, 6.07) is 0. The highest BCUT2D eigenvalue weighted by Crippen LogP contribution is 2.78. The highest BCUT2D eigenvalue weighted by Gasteiger charge is 2.59. The van der Waals surface area contributed by atoms with Crippen LogP contribution in [0.15, 0.2) is 0 Å². The van der Waals surface area contributed by atoms with E-state index in [1.54, 1.807) is 38.5 Å². The SMILES string of the molecule is CN(C)[P+](C1CCCCC1)(C1CCCCC1)C1CCCCC1. The summed E-state index contributed by atoms with van der Waals surface area (Å²) >= 11 is 0. The van der Waals surface area contributed by atoms with E-state index in [0.717, 1.165) is 17.0 Å². The smallest absolute Gasteiger partial charge is 0.0914 e. The van der Waals surface area contributed by atoms with Crippen molar-refractivity contribution in [3.63, 3.8) is 0 Å². The fourth-order valence-corrected chi connectivity index (χ4v) is 13.7. The molecule has 0 unspecified atom stereocenters. The second-order valence-electron chi connectivity index (χ2n) is 8.52. The third-order valence-electron chi connectivity index (χ3n) is 7.17. The lowest BCUT2D eigenvalue weighted by molar-refractivity contribution is 0.421. The predicted octanol–water partition coefficient (Wildman–Crippen LogP) is 6.48. The standard InChI is InChI=1S/C20H39NP/c1-21(2)22(18-12-6-3-7-13-18,19-14-8-4-9-15-19)20-16-10-5-11-17-20/h18-20H,3-17H2,1-2H3/q+1. The Morgan fingerprint density at radius 2 is 0.773 bits per heavy atom. The molecule has 0 aromatic carbocycles. The Morgan fingerprint density at radius 1 is 0.500 bits per heavy atom. The molecule has 3 saturated carbocycles. The molecular weight excluding hydrogens is 285 g/mol. The number of hydrogen-bond acceptors (Lipinski definition) is 1. The molecule has 0 saturated heterocycles. The monoisotopic (exact) mass is 324 g/mol. The van der Waals surface area contributed by atoms with Crippen molar-refractivity contribution in [2.24, 2.45) is 0 Å². The van der Waals surface area contributed by atoms with Gasteiger partial charge in [0.2, 0.25) is 0 Å². The summed E-state index contributed by atoms with van der Waals surface area (Å²) in [6.07, 6.45) is 23.1. The van der Waals surface area contributed by atoms with E-state index in [9.17, 15) is 0 Å². The van der Waals surface area contributed by atoms with Gasteiger partial charge in [0.25, 0.3) is 0 Å². The van der Waals surface area contributed by atoms with Crippen LogP contribution >= 0.6 is 7.41 Å². The molecule has 3 rings (SSSR count). The average Bonchev–Trinajstić information content (AvgIpc) is 2.58. The van der Waals surface area contributed by atoms with Crippen LogP contribution < -0.4 is 0 Å². The van der Waals surface area contributed by atoms with E-state index in [1.165, 1.54) is 57.8 Å². The first-order valence-electron chi connectivity index (χ1n) is 10.3. The molecule has 3 fully saturated rings. The maximum atomic E-state index is 2.87. The molecule has 3 aliphatic rings. The van der Waals surface area contributed by atoms with E-state index >= 15 is 0 Å². The van der Waals surface area contributed by atoms with E-state index in [1.807, 2.05) is 0 Å². The van der Waals surface area contributed by atoms with Crippen LogP contribution in [0.25, 0.3) is 0 Å². The highest BCUT2D eigenvalue weighted by atomic mass is 31.2. The van der Waals surface area contributed by atoms with Gasteiger partial charge in [-0.1, -0.05) is 19.3 Å². The molecule has 0 aromatic heterocycles. The molecule has 0 amide bonds. The molecule has 0 radical (unpaired) electrons. The average molecular weight is 325 g/mol. The molecule has 0 aliphatic heterocycles. The van der Waals surface area contributed by atoms with Gasteiger partial charge in [0.15, 0.2) is 0 Å². The molecule has 0 atom stereocenters. The number of hydrogen-bond donors (Lipinski definition) is 0. The van der Waals surface area contributed by atoms with Crippen LogP contribution in [0.4, 0.5) is 0 Å². The third-order valence-corrected chi connectivity index (χ3v) is 13.6.